The average molecular weight is 408 g/mol. The van der Waals surface area contributed by atoms with Crippen LogP contribution in [0.15, 0.2) is 18.2 Å². The number of hydrogen-bond acceptors (Lipinski definition) is 1. The number of aliphatic hydroxyl groups is 1. The van der Waals surface area contributed by atoms with Crippen molar-refractivity contribution in [2.24, 2.45) is 0 Å². The molecule has 0 saturated heterocycles. The van der Waals surface area contributed by atoms with E-state index in [1.165, 1.54) is 0 Å². The Morgan fingerprint density at radius 2 is 1.58 bits per heavy atom. The van der Waals surface area contributed by atoms with Crippen LogP contribution in [0.2, 0.25) is 0 Å². The summed E-state index contributed by atoms with van der Waals surface area (Å²) in [5.41, 5.74) is -2.93. The maximum atomic E-state index is 13.9. The molecule has 0 saturated carbocycles. The molecule has 0 spiro atoms. The summed E-state index contributed by atoms with van der Waals surface area (Å²) in [5, 5.41) is 10.5. The molecule has 2 atom stereocenters. The molecule has 0 heterocycles. The number of alkyl halides is 5. The van der Waals surface area contributed by atoms with Gasteiger partial charge in [-0.3, -0.25) is 0 Å². The Labute approximate surface area is 125 Å². The minimum atomic E-state index is -4.61. The van der Waals surface area contributed by atoms with Gasteiger partial charge in [0.1, 0.15) is 11.4 Å². The highest BCUT2D eigenvalue weighted by molar-refractivity contribution is 9.10. The highest BCUT2D eigenvalue weighted by atomic mass is 79.9. The molecule has 0 aliphatic carbocycles. The number of halogens is 6. The van der Waals surface area contributed by atoms with Crippen LogP contribution in [-0.4, -0.2) is 14.8 Å². The largest absolute Gasteiger partial charge is 0.416 e. The van der Waals surface area contributed by atoms with Gasteiger partial charge in [-0.25, -0.2) is 4.39 Å². The molecule has 0 aliphatic rings. The number of hydrogen-bond donors (Lipinski definition) is 1. The first kappa shape index (κ1) is 16.9. The van der Waals surface area contributed by atoms with Crippen LogP contribution in [0, 0.1) is 5.82 Å². The fourth-order valence-corrected chi connectivity index (χ4v) is 3.40. The predicted molar refractivity (Wildman–Crippen MR) is 72.1 cm³/mol. The van der Waals surface area contributed by atoms with E-state index in [-0.39, 0.29) is 5.56 Å². The van der Waals surface area contributed by atoms with Crippen LogP contribution in [0.4, 0.5) is 17.6 Å². The van der Waals surface area contributed by atoms with Crippen molar-refractivity contribution >= 4 is 31.9 Å². The summed E-state index contributed by atoms with van der Waals surface area (Å²) in [6.07, 6.45) is -4.61. The van der Waals surface area contributed by atoms with E-state index in [0.717, 1.165) is 12.1 Å². The van der Waals surface area contributed by atoms with Crippen molar-refractivity contribution in [2.75, 3.05) is 0 Å². The molecule has 108 valence electrons. The highest BCUT2D eigenvalue weighted by Crippen LogP contribution is 2.39. The van der Waals surface area contributed by atoms with Gasteiger partial charge in [-0.05, 0) is 26.0 Å². The topological polar surface area (TPSA) is 20.2 Å². The Morgan fingerprint density at radius 3 is 1.89 bits per heavy atom. The van der Waals surface area contributed by atoms with E-state index in [4.69, 9.17) is 0 Å². The molecular formula is C12H12Br2F4O. The van der Waals surface area contributed by atoms with Gasteiger partial charge in [0.25, 0.3) is 0 Å². The molecule has 0 fully saturated rings. The third kappa shape index (κ3) is 3.31. The summed E-state index contributed by atoms with van der Waals surface area (Å²) >= 11 is 6.32. The minimum Gasteiger partial charge on any atom is -0.383 e. The third-order valence-electron chi connectivity index (χ3n) is 2.94. The lowest BCUT2D eigenvalue weighted by atomic mass is 9.87. The van der Waals surface area contributed by atoms with Gasteiger partial charge in [-0.2, -0.15) is 13.2 Å². The van der Waals surface area contributed by atoms with Crippen LogP contribution in [-0.2, 0) is 11.8 Å². The van der Waals surface area contributed by atoms with Gasteiger partial charge >= 0.3 is 6.18 Å². The summed E-state index contributed by atoms with van der Waals surface area (Å²) in [7, 11) is 0. The SMILES string of the molecule is CC(Br)C(O)(c1ccc(C(F)(F)F)cc1F)C(C)Br. The van der Waals surface area contributed by atoms with Crippen LogP contribution in [0.5, 0.6) is 0 Å². The van der Waals surface area contributed by atoms with E-state index in [1.54, 1.807) is 13.8 Å². The van der Waals surface area contributed by atoms with Crippen molar-refractivity contribution < 1.29 is 22.7 Å². The smallest absolute Gasteiger partial charge is 0.383 e. The monoisotopic (exact) mass is 406 g/mol. The van der Waals surface area contributed by atoms with E-state index >= 15 is 0 Å². The normalized spacial score (nSPS) is 18.8. The molecular weight excluding hydrogens is 396 g/mol. The van der Waals surface area contributed by atoms with Gasteiger partial charge in [0.15, 0.2) is 0 Å². The molecule has 0 bridgehead atoms. The van der Waals surface area contributed by atoms with Gasteiger partial charge in [-0.1, -0.05) is 37.9 Å². The van der Waals surface area contributed by atoms with Gasteiger partial charge in [0.2, 0.25) is 0 Å². The predicted octanol–water partition coefficient (Wildman–Crippen LogP) is 4.60. The summed E-state index contributed by atoms with van der Waals surface area (Å²) in [4.78, 5) is -1.11. The molecule has 7 heteroatoms. The third-order valence-corrected chi connectivity index (χ3v) is 4.34. The van der Waals surface area contributed by atoms with E-state index < -0.39 is 32.8 Å². The molecule has 2 unspecified atom stereocenters. The highest BCUT2D eigenvalue weighted by Gasteiger charge is 2.42. The van der Waals surface area contributed by atoms with Crippen LogP contribution in [0.3, 0.4) is 0 Å². The first-order chi connectivity index (χ1) is 8.51. The average Bonchev–Trinajstić information content (AvgIpc) is 2.25. The Bertz CT molecular complexity index is 450. The molecule has 1 nitrogen and oxygen atoms in total. The molecule has 1 aromatic carbocycles. The van der Waals surface area contributed by atoms with E-state index in [0.29, 0.717) is 6.07 Å². The lowest BCUT2D eigenvalue weighted by molar-refractivity contribution is -0.137. The maximum Gasteiger partial charge on any atom is 0.416 e. The Morgan fingerprint density at radius 1 is 1.11 bits per heavy atom. The first-order valence-electron chi connectivity index (χ1n) is 5.39. The zero-order valence-corrected chi connectivity index (χ0v) is 13.3. The molecule has 19 heavy (non-hydrogen) atoms. The summed E-state index contributed by atoms with van der Waals surface area (Å²) < 4.78 is 51.3. The van der Waals surface area contributed by atoms with Crippen molar-refractivity contribution in [2.45, 2.75) is 35.3 Å². The quantitative estimate of drug-likeness (QED) is 0.573. The second-order valence-corrected chi connectivity index (χ2v) is 7.00. The number of rotatable bonds is 3. The van der Waals surface area contributed by atoms with Crippen LogP contribution < -0.4 is 0 Å². The molecule has 1 N–H and O–H groups in total. The van der Waals surface area contributed by atoms with Crippen molar-refractivity contribution in [3.05, 3.63) is 35.1 Å². The maximum absolute atomic E-state index is 13.9. The van der Waals surface area contributed by atoms with Crippen LogP contribution >= 0.6 is 31.9 Å². The second kappa shape index (κ2) is 5.69. The van der Waals surface area contributed by atoms with Gasteiger partial charge in [0, 0.05) is 15.2 Å². The first-order valence-corrected chi connectivity index (χ1v) is 7.22. The van der Waals surface area contributed by atoms with Crippen LogP contribution in [0.1, 0.15) is 25.0 Å². The van der Waals surface area contributed by atoms with Gasteiger partial charge in [0.05, 0.1) is 5.56 Å². The molecule has 0 aromatic heterocycles. The zero-order chi connectivity index (χ0) is 15.0. The molecule has 0 radical (unpaired) electrons. The summed E-state index contributed by atoms with van der Waals surface area (Å²) in [6.45, 7) is 3.18. The molecule has 0 aliphatic heterocycles. The van der Waals surface area contributed by atoms with E-state index in [9.17, 15) is 22.7 Å². The molecule has 1 aromatic rings. The number of benzene rings is 1. The zero-order valence-electron chi connectivity index (χ0n) is 10.1. The fraction of sp³-hybridized carbons (Fsp3) is 0.500. The minimum absolute atomic E-state index is 0.186. The lowest BCUT2D eigenvalue weighted by Crippen LogP contribution is -2.42. The Hall–Kier alpha value is -0.140. The van der Waals surface area contributed by atoms with E-state index in [1.807, 2.05) is 0 Å². The second-order valence-electron chi connectivity index (χ2n) is 4.25. The summed E-state index contributed by atoms with van der Waals surface area (Å²) in [6, 6.07) is 2.12. The van der Waals surface area contributed by atoms with Gasteiger partial charge < -0.3 is 5.11 Å². The van der Waals surface area contributed by atoms with E-state index in [2.05, 4.69) is 31.9 Å². The molecule has 0 amide bonds. The van der Waals surface area contributed by atoms with Crippen LogP contribution in [0.25, 0.3) is 0 Å². The summed E-state index contributed by atoms with van der Waals surface area (Å²) in [5.74, 6) is -1.09. The lowest BCUT2D eigenvalue weighted by Gasteiger charge is -2.34. The Kier molecular flexibility index (Phi) is 5.07. The van der Waals surface area contributed by atoms with Crippen molar-refractivity contribution in [3.8, 4) is 0 Å². The standard InChI is InChI=1S/C12H12Br2F4O/c1-6(13)11(19,7(2)14)9-4-3-8(5-10(9)15)12(16,17)18/h3-7,19H,1-2H3. The van der Waals surface area contributed by atoms with Crippen molar-refractivity contribution in [1.29, 1.82) is 0 Å². The fourth-order valence-electron chi connectivity index (χ4n) is 1.76. The van der Waals surface area contributed by atoms with Gasteiger partial charge in [-0.15, -0.1) is 0 Å². The Balaban J connectivity index is 3.36. The van der Waals surface area contributed by atoms with Crippen molar-refractivity contribution in [3.63, 3.8) is 0 Å². The van der Waals surface area contributed by atoms with Crippen molar-refractivity contribution in [1.82, 2.24) is 0 Å². The molecule has 1 rings (SSSR count).